The van der Waals surface area contributed by atoms with Gasteiger partial charge in [-0.15, -0.1) is 0 Å². The van der Waals surface area contributed by atoms with Crippen LogP contribution in [0.2, 0.25) is 5.02 Å². The van der Waals surface area contributed by atoms with Crippen molar-refractivity contribution in [2.75, 3.05) is 25.5 Å². The minimum Gasteiger partial charge on any atom is -0.497 e. The predicted molar refractivity (Wildman–Crippen MR) is 101 cm³/mol. The number of amides is 1. The van der Waals surface area contributed by atoms with Crippen molar-refractivity contribution in [1.82, 2.24) is 4.90 Å². The zero-order chi connectivity index (χ0) is 17.8. The van der Waals surface area contributed by atoms with Crippen molar-refractivity contribution in [3.63, 3.8) is 0 Å². The Hall–Kier alpha value is -2.04. The molecule has 1 amide bonds. The third kappa shape index (κ3) is 4.33. The van der Waals surface area contributed by atoms with E-state index in [1.165, 1.54) is 5.56 Å². The van der Waals surface area contributed by atoms with Crippen molar-refractivity contribution in [3.8, 4) is 5.75 Å². The summed E-state index contributed by atoms with van der Waals surface area (Å²) in [7, 11) is 1.66. The minimum absolute atomic E-state index is 0.0360. The Morgan fingerprint density at radius 3 is 2.72 bits per heavy atom. The van der Waals surface area contributed by atoms with Gasteiger partial charge >= 0.3 is 0 Å². The molecule has 2 aromatic rings. The maximum Gasteiger partial charge on any atom is 0.238 e. The maximum absolute atomic E-state index is 12.5. The van der Waals surface area contributed by atoms with E-state index in [4.69, 9.17) is 16.3 Å². The summed E-state index contributed by atoms with van der Waals surface area (Å²) in [5.41, 5.74) is 2.96. The van der Waals surface area contributed by atoms with Crippen molar-refractivity contribution in [2.45, 2.75) is 25.8 Å². The molecule has 25 heavy (non-hydrogen) atoms. The first-order valence-corrected chi connectivity index (χ1v) is 8.88. The minimum atomic E-state index is -0.0360. The lowest BCUT2D eigenvalue weighted by atomic mass is 10.0. The average molecular weight is 359 g/mol. The molecule has 0 aromatic heterocycles. The third-order valence-corrected chi connectivity index (χ3v) is 4.92. The topological polar surface area (TPSA) is 41.6 Å². The van der Waals surface area contributed by atoms with Crippen LogP contribution in [0, 0.1) is 6.92 Å². The van der Waals surface area contributed by atoms with E-state index in [0.717, 1.165) is 30.7 Å². The summed E-state index contributed by atoms with van der Waals surface area (Å²) in [6.07, 6.45) is 2.15. The van der Waals surface area contributed by atoms with Crippen molar-refractivity contribution in [1.29, 1.82) is 0 Å². The summed E-state index contributed by atoms with van der Waals surface area (Å²) in [5, 5.41) is 3.49. The number of halogens is 1. The fraction of sp³-hybridized carbons (Fsp3) is 0.350. The smallest absolute Gasteiger partial charge is 0.238 e. The number of benzene rings is 2. The van der Waals surface area contributed by atoms with Crippen LogP contribution in [0.1, 0.15) is 30.0 Å². The van der Waals surface area contributed by atoms with Crippen LogP contribution < -0.4 is 10.1 Å². The number of nitrogens with zero attached hydrogens (tertiary/aromatic N) is 1. The van der Waals surface area contributed by atoms with Crippen LogP contribution in [-0.4, -0.2) is 31.0 Å². The predicted octanol–water partition coefficient (Wildman–Crippen LogP) is 4.43. The monoisotopic (exact) mass is 358 g/mol. The van der Waals surface area contributed by atoms with Gasteiger partial charge in [-0.3, -0.25) is 9.69 Å². The summed E-state index contributed by atoms with van der Waals surface area (Å²) in [5.74, 6) is 0.811. The van der Waals surface area contributed by atoms with Gasteiger partial charge in [-0.25, -0.2) is 0 Å². The van der Waals surface area contributed by atoms with Gasteiger partial charge in [0.15, 0.2) is 0 Å². The molecule has 0 unspecified atom stereocenters. The number of aryl methyl sites for hydroxylation is 1. The molecule has 1 aliphatic rings. The number of likely N-dealkylation sites (tertiary alicyclic amines) is 1. The fourth-order valence-corrected chi connectivity index (χ4v) is 3.60. The van der Waals surface area contributed by atoms with Gasteiger partial charge in [-0.1, -0.05) is 29.8 Å². The van der Waals surface area contributed by atoms with E-state index < -0.39 is 0 Å². The molecule has 1 N–H and O–H groups in total. The number of hydrogen-bond acceptors (Lipinski definition) is 3. The van der Waals surface area contributed by atoms with Gasteiger partial charge < -0.3 is 10.1 Å². The van der Waals surface area contributed by atoms with Crippen LogP contribution >= 0.6 is 11.6 Å². The first-order valence-electron chi connectivity index (χ1n) is 8.51. The van der Waals surface area contributed by atoms with Crippen molar-refractivity contribution >= 4 is 23.2 Å². The molecule has 0 saturated carbocycles. The van der Waals surface area contributed by atoms with E-state index in [1.54, 1.807) is 7.11 Å². The Balaban J connectivity index is 1.65. The lowest BCUT2D eigenvalue weighted by Crippen LogP contribution is -2.33. The molecule has 1 saturated heterocycles. The van der Waals surface area contributed by atoms with Crippen LogP contribution in [0.3, 0.4) is 0 Å². The Bertz CT molecular complexity index is 746. The Labute approximate surface area is 153 Å². The average Bonchev–Trinajstić information content (AvgIpc) is 3.05. The third-order valence-electron chi connectivity index (χ3n) is 4.61. The van der Waals surface area contributed by atoms with Gasteiger partial charge in [-0.05, 0) is 61.7 Å². The normalized spacial score (nSPS) is 17.5. The van der Waals surface area contributed by atoms with Crippen LogP contribution in [-0.2, 0) is 4.79 Å². The first-order chi connectivity index (χ1) is 12.1. The van der Waals surface area contributed by atoms with Gasteiger partial charge in [0.1, 0.15) is 5.75 Å². The molecule has 132 valence electrons. The SMILES string of the molecule is COc1ccc([C@@H]2CCCN2CC(=O)Nc2ccc(C)cc2Cl)cc1. The largest absolute Gasteiger partial charge is 0.497 e. The maximum atomic E-state index is 12.5. The highest BCUT2D eigenvalue weighted by molar-refractivity contribution is 6.33. The van der Waals surface area contributed by atoms with Gasteiger partial charge in [0.25, 0.3) is 0 Å². The molecule has 4 nitrogen and oxygen atoms in total. The number of carbonyl (C=O) groups is 1. The van der Waals surface area contributed by atoms with E-state index in [2.05, 4.69) is 22.3 Å². The van der Waals surface area contributed by atoms with Crippen molar-refractivity contribution in [3.05, 3.63) is 58.6 Å². The Morgan fingerprint density at radius 1 is 1.28 bits per heavy atom. The molecule has 1 heterocycles. The number of carbonyl (C=O) groups excluding carboxylic acids is 1. The lowest BCUT2D eigenvalue weighted by Gasteiger charge is -2.24. The first kappa shape index (κ1) is 17.8. The van der Waals surface area contributed by atoms with E-state index in [-0.39, 0.29) is 11.9 Å². The molecule has 0 spiro atoms. The fourth-order valence-electron chi connectivity index (χ4n) is 3.31. The molecule has 1 atom stereocenters. The molecule has 5 heteroatoms. The highest BCUT2D eigenvalue weighted by atomic mass is 35.5. The Morgan fingerprint density at radius 2 is 2.04 bits per heavy atom. The van der Waals surface area contributed by atoms with Gasteiger partial charge in [0.05, 0.1) is 24.4 Å². The number of anilines is 1. The van der Waals surface area contributed by atoms with Crippen LogP contribution in [0.5, 0.6) is 5.75 Å². The molecular weight excluding hydrogens is 336 g/mol. The second kappa shape index (κ2) is 7.89. The molecule has 2 aromatic carbocycles. The summed E-state index contributed by atoms with van der Waals surface area (Å²) in [6.45, 7) is 3.26. The lowest BCUT2D eigenvalue weighted by molar-refractivity contribution is -0.117. The summed E-state index contributed by atoms with van der Waals surface area (Å²) in [4.78, 5) is 14.7. The zero-order valence-electron chi connectivity index (χ0n) is 14.6. The summed E-state index contributed by atoms with van der Waals surface area (Å²) < 4.78 is 5.22. The van der Waals surface area contributed by atoms with E-state index in [0.29, 0.717) is 17.3 Å². The van der Waals surface area contributed by atoms with E-state index in [1.807, 2.05) is 37.3 Å². The Kier molecular flexibility index (Phi) is 5.61. The molecule has 1 aliphatic heterocycles. The highest BCUT2D eigenvalue weighted by Crippen LogP contribution is 2.32. The quantitative estimate of drug-likeness (QED) is 0.859. The van der Waals surface area contributed by atoms with Crippen LogP contribution in [0.25, 0.3) is 0 Å². The summed E-state index contributed by atoms with van der Waals surface area (Å²) in [6, 6.07) is 14.0. The van der Waals surface area contributed by atoms with Crippen molar-refractivity contribution < 1.29 is 9.53 Å². The van der Waals surface area contributed by atoms with Crippen molar-refractivity contribution in [2.24, 2.45) is 0 Å². The number of methoxy groups -OCH3 is 1. The zero-order valence-corrected chi connectivity index (χ0v) is 15.3. The second-order valence-electron chi connectivity index (χ2n) is 6.43. The second-order valence-corrected chi connectivity index (χ2v) is 6.84. The van der Waals surface area contributed by atoms with Gasteiger partial charge in [0, 0.05) is 6.04 Å². The van der Waals surface area contributed by atoms with E-state index in [9.17, 15) is 4.79 Å². The van der Waals surface area contributed by atoms with Gasteiger partial charge in [-0.2, -0.15) is 0 Å². The molecule has 1 fully saturated rings. The number of hydrogen-bond donors (Lipinski definition) is 1. The molecule has 0 bridgehead atoms. The van der Waals surface area contributed by atoms with E-state index >= 15 is 0 Å². The highest BCUT2D eigenvalue weighted by Gasteiger charge is 2.27. The van der Waals surface area contributed by atoms with Crippen LogP contribution in [0.4, 0.5) is 5.69 Å². The summed E-state index contributed by atoms with van der Waals surface area (Å²) >= 11 is 6.20. The molecule has 0 radical (unpaired) electrons. The standard InChI is InChI=1S/C20H23ClN2O2/c1-14-5-10-18(17(21)12-14)22-20(24)13-23-11-3-4-19(23)15-6-8-16(25-2)9-7-15/h5-10,12,19H,3-4,11,13H2,1-2H3,(H,22,24)/t19-/m0/s1. The number of rotatable bonds is 5. The number of nitrogens with one attached hydrogen (secondary N) is 1. The molecular formula is C20H23ClN2O2. The number of ether oxygens (including phenoxy) is 1. The molecule has 0 aliphatic carbocycles. The van der Waals surface area contributed by atoms with Gasteiger partial charge in [0.2, 0.25) is 5.91 Å². The van der Waals surface area contributed by atoms with Crippen LogP contribution in [0.15, 0.2) is 42.5 Å². The molecule has 3 rings (SSSR count).